The van der Waals surface area contributed by atoms with Gasteiger partial charge in [0.1, 0.15) is 0 Å². The van der Waals surface area contributed by atoms with E-state index < -0.39 is 0 Å². The maximum atomic E-state index is 12.2. The number of nitrogens with one attached hydrogen (secondary N) is 2. The van der Waals surface area contributed by atoms with Gasteiger partial charge in [0, 0.05) is 18.0 Å². The molecular formula is C17H29N2O3+. The molecule has 1 atom stereocenters. The highest BCUT2D eigenvalue weighted by Crippen LogP contribution is 2.28. The maximum Gasteiger partial charge on any atom is 0.251 e. The number of hydrogen-bond donors (Lipinski definition) is 2. The third-order valence-corrected chi connectivity index (χ3v) is 3.17. The number of benzene rings is 1. The number of amides is 1. The highest BCUT2D eigenvalue weighted by atomic mass is 16.5. The summed E-state index contributed by atoms with van der Waals surface area (Å²) < 4.78 is 11.1. The smallest absolute Gasteiger partial charge is 0.251 e. The Morgan fingerprint density at radius 3 is 2.41 bits per heavy atom. The lowest BCUT2D eigenvalue weighted by Gasteiger charge is -2.16. The summed E-state index contributed by atoms with van der Waals surface area (Å²) in [6.07, 6.45) is 0. The van der Waals surface area contributed by atoms with Gasteiger partial charge in [0.05, 0.1) is 33.9 Å². The standard InChI is InChI=1S/C17H28N2O3/c1-6-21-15-9-8-14(10-16(15)22-7-2)17(20)18-11-13(3)12-19(4)5/h8-10,13H,6-7,11-12H2,1-5H3,(H,18,20)/p+1/t13-/m1/s1. The van der Waals surface area contributed by atoms with Gasteiger partial charge in [-0.05, 0) is 32.0 Å². The van der Waals surface area contributed by atoms with Crippen LogP contribution < -0.4 is 19.7 Å². The Bertz CT molecular complexity index is 475. The van der Waals surface area contributed by atoms with Crippen LogP contribution in [0.15, 0.2) is 18.2 Å². The molecule has 0 unspecified atom stereocenters. The molecule has 0 radical (unpaired) electrons. The number of hydrogen-bond acceptors (Lipinski definition) is 3. The third kappa shape index (κ3) is 5.93. The predicted molar refractivity (Wildman–Crippen MR) is 88.0 cm³/mol. The van der Waals surface area contributed by atoms with E-state index >= 15 is 0 Å². The van der Waals surface area contributed by atoms with Gasteiger partial charge in [-0.1, -0.05) is 6.92 Å². The monoisotopic (exact) mass is 309 g/mol. The fourth-order valence-electron chi connectivity index (χ4n) is 2.33. The second kappa shape index (κ2) is 9.30. The maximum absolute atomic E-state index is 12.2. The van der Waals surface area contributed by atoms with Crippen molar-refractivity contribution in [3.63, 3.8) is 0 Å². The first-order valence-electron chi connectivity index (χ1n) is 7.94. The van der Waals surface area contributed by atoms with E-state index in [-0.39, 0.29) is 5.91 Å². The van der Waals surface area contributed by atoms with Gasteiger partial charge in [-0.2, -0.15) is 0 Å². The molecule has 0 spiro atoms. The first-order valence-corrected chi connectivity index (χ1v) is 7.94. The van der Waals surface area contributed by atoms with Crippen molar-refractivity contribution in [3.8, 4) is 11.5 Å². The lowest BCUT2D eigenvalue weighted by atomic mass is 10.1. The first kappa shape index (κ1) is 18.3. The Kier molecular flexibility index (Phi) is 7.74. The van der Waals surface area contributed by atoms with Crippen LogP contribution in [0.3, 0.4) is 0 Å². The molecule has 1 aromatic carbocycles. The Hall–Kier alpha value is -1.75. The van der Waals surface area contributed by atoms with Crippen LogP contribution in [-0.2, 0) is 0 Å². The van der Waals surface area contributed by atoms with Gasteiger partial charge in [-0.3, -0.25) is 4.79 Å². The summed E-state index contributed by atoms with van der Waals surface area (Å²) in [6, 6.07) is 5.30. The Morgan fingerprint density at radius 1 is 1.18 bits per heavy atom. The first-order chi connectivity index (χ1) is 10.5. The molecule has 2 N–H and O–H groups in total. The van der Waals surface area contributed by atoms with Crippen molar-refractivity contribution in [1.82, 2.24) is 5.32 Å². The van der Waals surface area contributed by atoms with Crippen LogP contribution in [-0.4, -0.2) is 46.3 Å². The van der Waals surface area contributed by atoms with Gasteiger partial charge < -0.3 is 19.7 Å². The zero-order chi connectivity index (χ0) is 16.5. The van der Waals surface area contributed by atoms with Crippen molar-refractivity contribution < 1.29 is 19.2 Å². The number of carbonyl (C=O) groups is 1. The molecule has 5 nitrogen and oxygen atoms in total. The number of carbonyl (C=O) groups excluding carboxylic acids is 1. The van der Waals surface area contributed by atoms with Crippen LogP contribution in [0.25, 0.3) is 0 Å². The molecule has 5 heteroatoms. The molecule has 0 bridgehead atoms. The molecule has 124 valence electrons. The molecule has 0 fully saturated rings. The van der Waals surface area contributed by atoms with Gasteiger partial charge >= 0.3 is 0 Å². The third-order valence-electron chi connectivity index (χ3n) is 3.17. The Labute approximate surface area is 133 Å². The average Bonchev–Trinajstić information content (AvgIpc) is 2.46. The summed E-state index contributed by atoms with van der Waals surface area (Å²) in [6.45, 7) is 8.76. The van der Waals surface area contributed by atoms with E-state index in [1.807, 2.05) is 13.8 Å². The van der Waals surface area contributed by atoms with Crippen LogP contribution >= 0.6 is 0 Å². The Balaban J connectivity index is 2.70. The zero-order valence-corrected chi connectivity index (χ0v) is 14.4. The average molecular weight is 309 g/mol. The minimum Gasteiger partial charge on any atom is -0.490 e. The molecule has 0 aromatic heterocycles. The highest BCUT2D eigenvalue weighted by Gasteiger charge is 2.13. The van der Waals surface area contributed by atoms with Crippen molar-refractivity contribution in [2.45, 2.75) is 20.8 Å². The predicted octanol–water partition coefficient (Wildman–Crippen LogP) is 0.994. The molecular weight excluding hydrogens is 280 g/mol. The number of rotatable bonds is 9. The molecule has 1 aromatic rings. The van der Waals surface area contributed by atoms with Crippen molar-refractivity contribution in [2.75, 3.05) is 40.4 Å². The zero-order valence-electron chi connectivity index (χ0n) is 14.4. The molecule has 0 aliphatic rings. The molecule has 22 heavy (non-hydrogen) atoms. The van der Waals surface area contributed by atoms with E-state index in [0.717, 1.165) is 6.54 Å². The second-order valence-corrected chi connectivity index (χ2v) is 5.75. The van der Waals surface area contributed by atoms with Crippen LogP contribution in [0, 0.1) is 5.92 Å². The van der Waals surface area contributed by atoms with Gasteiger partial charge in [-0.15, -0.1) is 0 Å². The van der Waals surface area contributed by atoms with Crippen LogP contribution in [0.4, 0.5) is 0 Å². The van der Waals surface area contributed by atoms with Crippen molar-refractivity contribution in [3.05, 3.63) is 23.8 Å². The van der Waals surface area contributed by atoms with Gasteiger partial charge in [0.2, 0.25) is 0 Å². The summed E-state index contributed by atoms with van der Waals surface area (Å²) in [4.78, 5) is 13.6. The van der Waals surface area contributed by atoms with Gasteiger partial charge in [0.15, 0.2) is 11.5 Å². The van der Waals surface area contributed by atoms with E-state index in [4.69, 9.17) is 9.47 Å². The van der Waals surface area contributed by atoms with Gasteiger partial charge in [-0.25, -0.2) is 0 Å². The quantitative estimate of drug-likeness (QED) is 0.715. The van der Waals surface area contributed by atoms with Crippen molar-refractivity contribution in [1.29, 1.82) is 0 Å². The van der Waals surface area contributed by atoms with Crippen LogP contribution in [0.1, 0.15) is 31.1 Å². The summed E-state index contributed by atoms with van der Waals surface area (Å²) in [5.41, 5.74) is 0.594. The SMILES string of the molecule is CCOc1ccc(C(=O)NC[C@@H](C)C[NH+](C)C)cc1OCC. The van der Waals surface area contributed by atoms with E-state index in [1.165, 1.54) is 4.90 Å². The fourth-order valence-corrected chi connectivity index (χ4v) is 2.33. The summed E-state index contributed by atoms with van der Waals surface area (Å²) >= 11 is 0. The fraction of sp³-hybridized carbons (Fsp3) is 0.588. The summed E-state index contributed by atoms with van der Waals surface area (Å²) in [5.74, 6) is 1.64. The number of ether oxygens (including phenoxy) is 2. The molecule has 0 aliphatic carbocycles. The largest absolute Gasteiger partial charge is 0.490 e. The normalized spacial score (nSPS) is 12.1. The lowest BCUT2D eigenvalue weighted by Crippen LogP contribution is -3.06. The van der Waals surface area contributed by atoms with Crippen molar-refractivity contribution >= 4 is 5.91 Å². The van der Waals surface area contributed by atoms with E-state index in [1.54, 1.807) is 18.2 Å². The molecule has 0 heterocycles. The van der Waals surface area contributed by atoms with Crippen molar-refractivity contribution in [2.24, 2.45) is 5.92 Å². The Morgan fingerprint density at radius 2 is 1.82 bits per heavy atom. The van der Waals surface area contributed by atoms with E-state index in [2.05, 4.69) is 26.3 Å². The lowest BCUT2D eigenvalue weighted by molar-refractivity contribution is -0.861. The highest BCUT2D eigenvalue weighted by molar-refractivity contribution is 5.94. The molecule has 1 rings (SSSR count). The van der Waals surface area contributed by atoms with Crippen LogP contribution in [0.5, 0.6) is 11.5 Å². The van der Waals surface area contributed by atoms with Gasteiger partial charge in [0.25, 0.3) is 5.91 Å². The minimum atomic E-state index is -0.0791. The van der Waals surface area contributed by atoms with E-state index in [9.17, 15) is 4.79 Å². The summed E-state index contributed by atoms with van der Waals surface area (Å²) in [7, 11) is 4.22. The molecule has 1 amide bonds. The molecule has 0 saturated carbocycles. The second-order valence-electron chi connectivity index (χ2n) is 5.75. The topological polar surface area (TPSA) is 52.0 Å². The van der Waals surface area contributed by atoms with Crippen LogP contribution in [0.2, 0.25) is 0 Å². The molecule has 0 saturated heterocycles. The molecule has 0 aliphatic heterocycles. The van der Waals surface area contributed by atoms with E-state index in [0.29, 0.717) is 42.7 Å². The minimum absolute atomic E-state index is 0.0791. The summed E-state index contributed by atoms with van der Waals surface area (Å²) in [5, 5.41) is 2.98. The number of quaternary nitrogens is 1.